The third-order valence-corrected chi connectivity index (χ3v) is 5.42. The number of nitrogens with zero attached hydrogens (tertiary/aromatic N) is 5. The number of fused-ring (bicyclic) bond motifs is 2. The summed E-state index contributed by atoms with van der Waals surface area (Å²) >= 11 is 0. The molecule has 0 unspecified atom stereocenters. The molecule has 3 aromatic heterocycles. The molecule has 0 radical (unpaired) electrons. The van der Waals surface area contributed by atoms with Gasteiger partial charge in [0.2, 0.25) is 0 Å². The lowest BCUT2D eigenvalue weighted by atomic mass is 10.1. The molecule has 1 N–H and O–H groups in total. The summed E-state index contributed by atoms with van der Waals surface area (Å²) in [4.78, 5) is 11.6. The Morgan fingerprint density at radius 3 is 2.66 bits per heavy atom. The van der Waals surface area contributed by atoms with Gasteiger partial charge in [-0.15, -0.1) is 0 Å². The second-order valence-corrected chi connectivity index (χ2v) is 8.01. The van der Waals surface area contributed by atoms with Gasteiger partial charge in [-0.2, -0.15) is 5.10 Å². The van der Waals surface area contributed by atoms with Crippen LogP contribution < -0.4 is 10.2 Å². The minimum Gasteiger partial charge on any atom is -0.367 e. The summed E-state index contributed by atoms with van der Waals surface area (Å²) in [6, 6.07) is 10.3. The summed E-state index contributed by atoms with van der Waals surface area (Å²) in [6.45, 7) is 6.30. The summed E-state index contributed by atoms with van der Waals surface area (Å²) in [6.07, 6.45) is 3.69. The van der Waals surface area contributed by atoms with Crippen LogP contribution in [0.15, 0.2) is 42.7 Å². The van der Waals surface area contributed by atoms with E-state index in [9.17, 15) is 4.39 Å². The molecule has 1 aliphatic heterocycles. The number of aromatic nitrogens is 4. The molecule has 148 valence electrons. The van der Waals surface area contributed by atoms with Gasteiger partial charge in [0.25, 0.3) is 0 Å². The van der Waals surface area contributed by atoms with Gasteiger partial charge in [-0.05, 0) is 44.2 Å². The van der Waals surface area contributed by atoms with Crippen molar-refractivity contribution >= 4 is 27.6 Å². The first-order valence-electron chi connectivity index (χ1n) is 9.87. The van der Waals surface area contributed by atoms with Crippen molar-refractivity contribution in [1.29, 1.82) is 0 Å². The number of anilines is 1. The van der Waals surface area contributed by atoms with E-state index in [1.165, 1.54) is 6.07 Å². The number of nitrogens with one attached hydrogen (secondary N) is 1. The zero-order valence-corrected chi connectivity index (χ0v) is 16.7. The van der Waals surface area contributed by atoms with Crippen LogP contribution in [0.3, 0.4) is 0 Å². The minimum atomic E-state index is -0.342. The Balaban J connectivity index is 1.51. The first-order valence-corrected chi connectivity index (χ1v) is 9.87. The van der Waals surface area contributed by atoms with E-state index in [1.54, 1.807) is 11.7 Å². The van der Waals surface area contributed by atoms with Crippen LogP contribution in [0.25, 0.3) is 33.2 Å². The highest BCUT2D eigenvalue weighted by Gasteiger charge is 2.21. The van der Waals surface area contributed by atoms with Crippen molar-refractivity contribution in [3.05, 3.63) is 48.5 Å². The van der Waals surface area contributed by atoms with Gasteiger partial charge in [0, 0.05) is 54.8 Å². The SMILES string of the molecule is C[C@@H]1CN(c2cnc3nc(-c4cc(F)c5nn(C)cc5c4)ccc3c2)C[C@@H](C)N1. The van der Waals surface area contributed by atoms with Crippen LogP contribution in [0, 0.1) is 5.82 Å². The predicted molar refractivity (Wildman–Crippen MR) is 113 cm³/mol. The molecule has 1 saturated heterocycles. The Morgan fingerprint density at radius 2 is 1.86 bits per heavy atom. The second kappa shape index (κ2) is 6.77. The van der Waals surface area contributed by atoms with Crippen LogP contribution in [0.2, 0.25) is 0 Å². The first-order chi connectivity index (χ1) is 14.0. The van der Waals surface area contributed by atoms with Crippen molar-refractivity contribution in [2.75, 3.05) is 18.0 Å². The first kappa shape index (κ1) is 18.0. The fourth-order valence-corrected chi connectivity index (χ4v) is 4.23. The highest BCUT2D eigenvalue weighted by atomic mass is 19.1. The lowest BCUT2D eigenvalue weighted by Gasteiger charge is -2.37. The van der Waals surface area contributed by atoms with Crippen LogP contribution in [0.1, 0.15) is 13.8 Å². The van der Waals surface area contributed by atoms with Gasteiger partial charge in [0.15, 0.2) is 11.5 Å². The van der Waals surface area contributed by atoms with Gasteiger partial charge in [0.05, 0.1) is 17.6 Å². The van der Waals surface area contributed by atoms with Crippen LogP contribution >= 0.6 is 0 Å². The quantitative estimate of drug-likeness (QED) is 0.568. The Labute approximate surface area is 168 Å². The van der Waals surface area contributed by atoms with Crippen LogP contribution in [0.5, 0.6) is 0 Å². The lowest BCUT2D eigenvalue weighted by molar-refractivity contribution is 0.407. The maximum Gasteiger partial charge on any atom is 0.159 e. The number of aryl methyl sites for hydroxylation is 1. The summed E-state index contributed by atoms with van der Waals surface area (Å²) < 4.78 is 16.1. The van der Waals surface area contributed by atoms with E-state index in [-0.39, 0.29) is 5.82 Å². The molecule has 1 aliphatic rings. The van der Waals surface area contributed by atoms with E-state index >= 15 is 0 Å². The number of benzene rings is 1. The third-order valence-electron chi connectivity index (χ3n) is 5.42. The van der Waals surface area contributed by atoms with E-state index in [2.05, 4.69) is 45.2 Å². The topological polar surface area (TPSA) is 58.9 Å². The molecular weight excluding hydrogens is 367 g/mol. The van der Waals surface area contributed by atoms with Crippen molar-refractivity contribution in [1.82, 2.24) is 25.1 Å². The van der Waals surface area contributed by atoms with Gasteiger partial charge >= 0.3 is 0 Å². The average Bonchev–Trinajstić information content (AvgIpc) is 3.07. The summed E-state index contributed by atoms with van der Waals surface area (Å²) in [7, 11) is 1.79. The van der Waals surface area contributed by atoms with E-state index in [4.69, 9.17) is 0 Å². The van der Waals surface area contributed by atoms with E-state index in [1.807, 2.05) is 30.6 Å². The molecule has 0 aliphatic carbocycles. The number of hydrogen-bond acceptors (Lipinski definition) is 5. The number of piperazine rings is 1. The Bertz CT molecular complexity index is 1210. The molecular formula is C22H23FN6. The molecule has 2 atom stereocenters. The molecule has 5 rings (SSSR count). The number of halogens is 1. The summed E-state index contributed by atoms with van der Waals surface area (Å²) in [5, 5.41) is 9.45. The van der Waals surface area contributed by atoms with Crippen LogP contribution in [-0.2, 0) is 7.05 Å². The normalized spacial score (nSPS) is 19.9. The van der Waals surface area contributed by atoms with E-state index in [0.717, 1.165) is 35.1 Å². The Hall–Kier alpha value is -3.06. The molecule has 4 aromatic rings. The fourth-order valence-electron chi connectivity index (χ4n) is 4.23. The van der Waals surface area contributed by atoms with Gasteiger partial charge in [-0.3, -0.25) is 4.68 Å². The Kier molecular flexibility index (Phi) is 4.20. The Morgan fingerprint density at radius 1 is 1.07 bits per heavy atom. The minimum absolute atomic E-state index is 0.342. The highest BCUT2D eigenvalue weighted by Crippen LogP contribution is 2.28. The van der Waals surface area contributed by atoms with Crippen molar-refractivity contribution in [3.63, 3.8) is 0 Å². The molecule has 7 heteroatoms. The number of rotatable bonds is 2. The van der Waals surface area contributed by atoms with Crippen LogP contribution in [-0.4, -0.2) is 44.9 Å². The van der Waals surface area contributed by atoms with Crippen LogP contribution in [0.4, 0.5) is 10.1 Å². The van der Waals surface area contributed by atoms with Gasteiger partial charge < -0.3 is 10.2 Å². The highest BCUT2D eigenvalue weighted by molar-refractivity contribution is 5.86. The second-order valence-electron chi connectivity index (χ2n) is 8.01. The predicted octanol–water partition coefficient (Wildman–Crippen LogP) is 3.51. The maximum absolute atomic E-state index is 14.5. The molecule has 0 amide bonds. The molecule has 0 spiro atoms. The number of hydrogen-bond donors (Lipinski definition) is 1. The molecule has 4 heterocycles. The van der Waals surface area contributed by atoms with E-state index < -0.39 is 0 Å². The van der Waals surface area contributed by atoms with Crippen molar-refractivity contribution < 1.29 is 4.39 Å². The van der Waals surface area contributed by atoms with Crippen molar-refractivity contribution in [2.24, 2.45) is 7.05 Å². The number of pyridine rings is 2. The van der Waals surface area contributed by atoms with E-state index in [0.29, 0.717) is 28.9 Å². The van der Waals surface area contributed by atoms with Gasteiger partial charge in [-0.1, -0.05) is 0 Å². The average molecular weight is 390 g/mol. The molecule has 0 bridgehead atoms. The van der Waals surface area contributed by atoms with Gasteiger partial charge in [0.1, 0.15) is 5.52 Å². The monoisotopic (exact) mass is 390 g/mol. The zero-order chi connectivity index (χ0) is 20.1. The van der Waals surface area contributed by atoms with Gasteiger partial charge in [-0.25, -0.2) is 14.4 Å². The molecule has 0 saturated carbocycles. The zero-order valence-electron chi connectivity index (χ0n) is 16.7. The smallest absolute Gasteiger partial charge is 0.159 e. The van der Waals surface area contributed by atoms with Crippen molar-refractivity contribution in [3.8, 4) is 11.3 Å². The maximum atomic E-state index is 14.5. The molecule has 29 heavy (non-hydrogen) atoms. The standard InChI is InChI=1S/C22H23FN6/c1-13-10-29(11-14(2)25-13)18-7-15-4-5-20(26-22(15)24-9-18)16-6-17-12-28(3)27-21(17)19(23)8-16/h4-9,12-14,25H,10-11H2,1-3H3/t13-,14-/m1/s1. The summed E-state index contributed by atoms with van der Waals surface area (Å²) in [5.74, 6) is -0.342. The molecule has 1 aromatic carbocycles. The molecule has 1 fully saturated rings. The van der Waals surface area contributed by atoms with Crippen molar-refractivity contribution in [2.45, 2.75) is 25.9 Å². The lowest BCUT2D eigenvalue weighted by Crippen LogP contribution is -2.54. The summed E-state index contributed by atoms with van der Waals surface area (Å²) in [5.41, 5.74) is 3.57. The third kappa shape index (κ3) is 3.31. The largest absolute Gasteiger partial charge is 0.367 e. The fraction of sp³-hybridized carbons (Fsp3) is 0.318. The molecule has 6 nitrogen and oxygen atoms in total.